The van der Waals surface area contributed by atoms with E-state index in [1.807, 2.05) is 6.07 Å². The van der Waals surface area contributed by atoms with Crippen LogP contribution in [0.2, 0.25) is 0 Å². The normalized spacial score (nSPS) is 15.5. The fourth-order valence-corrected chi connectivity index (χ4v) is 4.36. The lowest BCUT2D eigenvalue weighted by atomic mass is 9.94. The van der Waals surface area contributed by atoms with Gasteiger partial charge in [0, 0.05) is 11.9 Å². The molecule has 0 fully saturated rings. The molecule has 1 amide bonds. The van der Waals surface area contributed by atoms with E-state index in [1.54, 1.807) is 60.7 Å². The van der Waals surface area contributed by atoms with Crippen molar-refractivity contribution in [2.75, 3.05) is 7.11 Å². The Bertz CT molecular complexity index is 1480. The highest BCUT2D eigenvalue weighted by Gasteiger charge is 2.44. The number of hydrogen-bond donors (Lipinski definition) is 2. The maximum atomic E-state index is 13.6. The SMILES string of the molecule is COc1ccc(C2C(C(=O)c3cc4ccccc4o3)=C(O)C(=O)N2Cc2ccc(C(=O)O)cc2)cc1. The highest BCUT2D eigenvalue weighted by Crippen LogP contribution is 2.41. The molecular formula is C28H21NO7. The van der Waals surface area contributed by atoms with E-state index < -0.39 is 29.5 Å². The summed E-state index contributed by atoms with van der Waals surface area (Å²) in [6.45, 7) is 0.0381. The van der Waals surface area contributed by atoms with Crippen molar-refractivity contribution in [1.82, 2.24) is 4.90 Å². The fraction of sp³-hybridized carbons (Fsp3) is 0.107. The quantitative estimate of drug-likeness (QED) is 0.358. The van der Waals surface area contributed by atoms with Crippen LogP contribution in [-0.4, -0.2) is 39.9 Å². The number of Topliss-reactive ketones (excluding diaryl/α,β-unsaturated/α-hetero) is 1. The van der Waals surface area contributed by atoms with E-state index in [9.17, 15) is 19.5 Å². The Hall–Kier alpha value is -4.85. The van der Waals surface area contributed by atoms with E-state index in [-0.39, 0.29) is 23.4 Å². The van der Waals surface area contributed by atoms with E-state index in [4.69, 9.17) is 14.3 Å². The summed E-state index contributed by atoms with van der Waals surface area (Å²) < 4.78 is 11.0. The first kappa shape index (κ1) is 22.9. The molecule has 1 aliphatic rings. The molecule has 180 valence electrons. The summed E-state index contributed by atoms with van der Waals surface area (Å²) in [5.74, 6) is -2.41. The number of fused-ring (bicyclic) bond motifs is 1. The molecule has 0 saturated carbocycles. The lowest BCUT2D eigenvalue weighted by Gasteiger charge is -2.27. The molecule has 8 nitrogen and oxygen atoms in total. The first-order chi connectivity index (χ1) is 17.4. The van der Waals surface area contributed by atoms with Gasteiger partial charge < -0.3 is 24.3 Å². The highest BCUT2D eigenvalue weighted by molar-refractivity contribution is 6.16. The molecule has 0 aliphatic carbocycles. The summed E-state index contributed by atoms with van der Waals surface area (Å²) in [5, 5.41) is 20.8. The Morgan fingerprint density at radius 2 is 1.69 bits per heavy atom. The van der Waals surface area contributed by atoms with Crippen LogP contribution in [0.4, 0.5) is 0 Å². The van der Waals surface area contributed by atoms with E-state index in [0.717, 1.165) is 5.39 Å². The summed E-state index contributed by atoms with van der Waals surface area (Å²) in [6.07, 6.45) is 0. The molecule has 8 heteroatoms. The van der Waals surface area contributed by atoms with Crippen molar-refractivity contribution in [3.05, 3.63) is 113 Å². The van der Waals surface area contributed by atoms with Crippen LogP contribution in [0.5, 0.6) is 5.75 Å². The number of carbonyl (C=O) groups excluding carboxylic acids is 2. The summed E-state index contributed by atoms with van der Waals surface area (Å²) in [7, 11) is 1.53. The van der Waals surface area contributed by atoms with Crippen molar-refractivity contribution < 1.29 is 33.8 Å². The van der Waals surface area contributed by atoms with Crippen molar-refractivity contribution in [3.63, 3.8) is 0 Å². The molecule has 1 atom stereocenters. The van der Waals surface area contributed by atoms with E-state index >= 15 is 0 Å². The summed E-state index contributed by atoms with van der Waals surface area (Å²) in [4.78, 5) is 39.4. The molecule has 3 aromatic carbocycles. The summed E-state index contributed by atoms with van der Waals surface area (Å²) in [5.41, 5.74) is 1.76. The summed E-state index contributed by atoms with van der Waals surface area (Å²) >= 11 is 0. The molecule has 4 aromatic rings. The number of carboxylic acids is 1. The van der Waals surface area contributed by atoms with Crippen molar-refractivity contribution in [2.24, 2.45) is 0 Å². The van der Waals surface area contributed by atoms with Crippen LogP contribution in [0, 0.1) is 0 Å². The smallest absolute Gasteiger partial charge is 0.335 e. The third-order valence-corrected chi connectivity index (χ3v) is 6.18. The lowest BCUT2D eigenvalue weighted by molar-refractivity contribution is -0.130. The van der Waals surface area contributed by atoms with Gasteiger partial charge in [-0.05, 0) is 47.5 Å². The number of amides is 1. The first-order valence-corrected chi connectivity index (χ1v) is 11.1. The number of aliphatic hydroxyl groups is 1. The minimum atomic E-state index is -1.06. The molecule has 0 saturated heterocycles. The van der Waals surface area contributed by atoms with Gasteiger partial charge in [-0.1, -0.05) is 42.5 Å². The number of rotatable bonds is 7. The number of ketones is 1. The number of nitrogens with zero attached hydrogens (tertiary/aromatic N) is 1. The molecular weight excluding hydrogens is 462 g/mol. The number of aromatic carboxylic acids is 1. The predicted octanol–water partition coefficient (Wildman–Crippen LogP) is 4.92. The predicted molar refractivity (Wildman–Crippen MR) is 130 cm³/mol. The lowest BCUT2D eigenvalue weighted by Crippen LogP contribution is -2.30. The Balaban J connectivity index is 1.56. The zero-order valence-electron chi connectivity index (χ0n) is 19.2. The molecule has 0 spiro atoms. The molecule has 5 rings (SSSR count). The largest absolute Gasteiger partial charge is 0.503 e. The second kappa shape index (κ2) is 9.07. The molecule has 0 radical (unpaired) electrons. The Kier molecular flexibility index (Phi) is 5.77. The zero-order chi connectivity index (χ0) is 25.4. The van der Waals surface area contributed by atoms with E-state index in [0.29, 0.717) is 22.5 Å². The zero-order valence-corrected chi connectivity index (χ0v) is 19.2. The number of methoxy groups -OCH3 is 1. The van der Waals surface area contributed by atoms with Crippen molar-refractivity contribution in [1.29, 1.82) is 0 Å². The molecule has 2 heterocycles. The van der Waals surface area contributed by atoms with Crippen LogP contribution in [0.15, 0.2) is 94.6 Å². The minimum absolute atomic E-state index is 0.0109. The van der Waals surface area contributed by atoms with Crippen LogP contribution in [-0.2, 0) is 11.3 Å². The van der Waals surface area contributed by atoms with Crippen LogP contribution in [0.25, 0.3) is 11.0 Å². The van der Waals surface area contributed by atoms with Crippen molar-refractivity contribution in [3.8, 4) is 5.75 Å². The van der Waals surface area contributed by atoms with Gasteiger partial charge in [-0.25, -0.2) is 4.79 Å². The van der Waals surface area contributed by atoms with Gasteiger partial charge in [0.1, 0.15) is 11.3 Å². The number of carboxylic acid groups (broad SMARTS) is 1. The van der Waals surface area contributed by atoms with E-state index in [2.05, 4.69) is 0 Å². The maximum Gasteiger partial charge on any atom is 0.335 e. The molecule has 1 unspecified atom stereocenters. The van der Waals surface area contributed by atoms with Gasteiger partial charge in [-0.2, -0.15) is 0 Å². The Labute approximate surface area is 205 Å². The fourth-order valence-electron chi connectivity index (χ4n) is 4.36. The first-order valence-electron chi connectivity index (χ1n) is 11.1. The average molecular weight is 483 g/mol. The van der Waals surface area contributed by atoms with Gasteiger partial charge >= 0.3 is 5.97 Å². The maximum absolute atomic E-state index is 13.6. The molecule has 1 aromatic heterocycles. The topological polar surface area (TPSA) is 117 Å². The second-order valence-electron chi connectivity index (χ2n) is 8.35. The van der Waals surface area contributed by atoms with Crippen molar-refractivity contribution in [2.45, 2.75) is 12.6 Å². The second-order valence-corrected chi connectivity index (χ2v) is 8.35. The van der Waals surface area contributed by atoms with Gasteiger partial charge in [0.2, 0.25) is 5.78 Å². The van der Waals surface area contributed by atoms with Gasteiger partial charge in [-0.15, -0.1) is 0 Å². The number of ether oxygens (including phenoxy) is 1. The Morgan fingerprint density at radius 3 is 2.33 bits per heavy atom. The minimum Gasteiger partial charge on any atom is -0.503 e. The number of carbonyl (C=O) groups is 3. The number of para-hydroxylation sites is 1. The number of benzene rings is 3. The number of aliphatic hydroxyl groups excluding tert-OH is 1. The molecule has 1 aliphatic heterocycles. The third-order valence-electron chi connectivity index (χ3n) is 6.18. The van der Waals surface area contributed by atoms with Gasteiger partial charge in [0.05, 0.1) is 24.3 Å². The van der Waals surface area contributed by atoms with Crippen LogP contribution >= 0.6 is 0 Å². The van der Waals surface area contributed by atoms with Crippen LogP contribution in [0.1, 0.15) is 38.1 Å². The van der Waals surface area contributed by atoms with Crippen molar-refractivity contribution >= 4 is 28.6 Å². The molecule has 2 N–H and O–H groups in total. The van der Waals surface area contributed by atoms with Gasteiger partial charge in [0.15, 0.2) is 11.5 Å². The Morgan fingerprint density at radius 1 is 1.00 bits per heavy atom. The number of hydrogen-bond acceptors (Lipinski definition) is 6. The standard InChI is InChI=1S/C28H21NO7/c1-35-20-12-10-17(11-13-20)24-23(25(30)22-14-19-4-2-3-5-21(19)36-22)26(31)27(32)29(24)15-16-6-8-18(9-7-16)28(33)34/h2-14,24,31H,15H2,1H3,(H,33,34). The molecule has 0 bridgehead atoms. The van der Waals surface area contributed by atoms with Crippen LogP contribution in [0.3, 0.4) is 0 Å². The van der Waals surface area contributed by atoms with Gasteiger partial charge in [0.25, 0.3) is 5.91 Å². The third kappa shape index (κ3) is 3.98. The summed E-state index contributed by atoms with van der Waals surface area (Å²) in [6, 6.07) is 20.8. The average Bonchev–Trinajstić information content (AvgIpc) is 3.44. The highest BCUT2D eigenvalue weighted by atomic mass is 16.5. The molecule has 36 heavy (non-hydrogen) atoms. The van der Waals surface area contributed by atoms with Crippen LogP contribution < -0.4 is 4.74 Å². The monoisotopic (exact) mass is 483 g/mol. The van der Waals surface area contributed by atoms with E-state index in [1.165, 1.54) is 24.1 Å². The van der Waals surface area contributed by atoms with Gasteiger partial charge in [-0.3, -0.25) is 9.59 Å². The number of furan rings is 1.